The molecular weight excluding hydrogens is 266 g/mol. The highest BCUT2D eigenvalue weighted by atomic mass is 16.5. The van der Waals surface area contributed by atoms with E-state index in [2.05, 4.69) is 12.2 Å². The Kier molecular flexibility index (Phi) is 5.23. The minimum absolute atomic E-state index is 0.121. The number of aryl methyl sites for hydroxylation is 1. The van der Waals surface area contributed by atoms with E-state index in [1.807, 2.05) is 25.1 Å². The van der Waals surface area contributed by atoms with Gasteiger partial charge in [0.05, 0.1) is 18.6 Å². The topological polar surface area (TPSA) is 58.6 Å². The number of hydrogen-bond acceptors (Lipinski definition) is 3. The molecule has 0 atom stereocenters. The Morgan fingerprint density at radius 2 is 2.10 bits per heavy atom. The van der Waals surface area contributed by atoms with Crippen LogP contribution in [0.1, 0.15) is 51.0 Å². The molecular formula is C17H25NO3. The zero-order valence-electron chi connectivity index (χ0n) is 12.9. The van der Waals surface area contributed by atoms with Crippen molar-refractivity contribution in [1.82, 2.24) is 0 Å². The first kappa shape index (κ1) is 15.8. The van der Waals surface area contributed by atoms with Gasteiger partial charge in [-0.25, -0.2) is 0 Å². The monoisotopic (exact) mass is 291 g/mol. The van der Waals surface area contributed by atoms with Crippen LogP contribution in [0, 0.1) is 6.92 Å². The van der Waals surface area contributed by atoms with E-state index in [1.54, 1.807) is 0 Å². The Morgan fingerprint density at radius 1 is 1.38 bits per heavy atom. The second-order valence-corrected chi connectivity index (χ2v) is 5.98. The van der Waals surface area contributed by atoms with Crippen LogP contribution >= 0.6 is 0 Å². The molecule has 0 heterocycles. The molecule has 1 aliphatic carbocycles. The third-order valence-electron chi connectivity index (χ3n) is 3.97. The van der Waals surface area contributed by atoms with Crippen molar-refractivity contribution in [3.8, 4) is 5.75 Å². The van der Waals surface area contributed by atoms with Gasteiger partial charge in [-0.15, -0.1) is 0 Å². The van der Waals surface area contributed by atoms with E-state index in [-0.39, 0.29) is 12.3 Å². The SMILES string of the molecule is CCCOc1ccc(NC(=O)CC2(O)CCCC2)c(C)c1. The second kappa shape index (κ2) is 6.94. The van der Waals surface area contributed by atoms with Crippen LogP contribution in [0.5, 0.6) is 5.75 Å². The average molecular weight is 291 g/mol. The van der Waals surface area contributed by atoms with Crippen LogP contribution in [0.4, 0.5) is 5.69 Å². The van der Waals surface area contributed by atoms with Gasteiger partial charge in [-0.3, -0.25) is 4.79 Å². The quantitative estimate of drug-likeness (QED) is 0.844. The number of benzene rings is 1. The van der Waals surface area contributed by atoms with Gasteiger partial charge in [-0.1, -0.05) is 19.8 Å². The molecule has 4 heteroatoms. The number of aliphatic hydroxyl groups is 1. The molecule has 2 rings (SSSR count). The minimum atomic E-state index is -0.803. The van der Waals surface area contributed by atoms with E-state index >= 15 is 0 Å². The van der Waals surface area contributed by atoms with Crippen molar-refractivity contribution in [2.75, 3.05) is 11.9 Å². The van der Waals surface area contributed by atoms with Gasteiger partial charge in [0.1, 0.15) is 5.75 Å². The average Bonchev–Trinajstić information content (AvgIpc) is 2.85. The van der Waals surface area contributed by atoms with Crippen molar-refractivity contribution in [2.24, 2.45) is 0 Å². The third kappa shape index (κ3) is 4.46. The van der Waals surface area contributed by atoms with Crippen molar-refractivity contribution in [3.63, 3.8) is 0 Å². The molecule has 1 aliphatic rings. The fourth-order valence-electron chi connectivity index (χ4n) is 2.79. The van der Waals surface area contributed by atoms with Crippen molar-refractivity contribution < 1.29 is 14.6 Å². The molecule has 1 aromatic carbocycles. The molecule has 21 heavy (non-hydrogen) atoms. The highest BCUT2D eigenvalue weighted by Crippen LogP contribution is 2.32. The Morgan fingerprint density at radius 3 is 2.71 bits per heavy atom. The van der Waals surface area contributed by atoms with Crippen molar-refractivity contribution >= 4 is 11.6 Å². The molecule has 1 aromatic rings. The van der Waals surface area contributed by atoms with Crippen LogP contribution in [0.25, 0.3) is 0 Å². The smallest absolute Gasteiger partial charge is 0.227 e. The lowest BCUT2D eigenvalue weighted by molar-refractivity contribution is -0.120. The second-order valence-electron chi connectivity index (χ2n) is 5.98. The van der Waals surface area contributed by atoms with Crippen LogP contribution in [-0.4, -0.2) is 23.2 Å². The number of amides is 1. The summed E-state index contributed by atoms with van der Waals surface area (Å²) in [5.74, 6) is 0.700. The summed E-state index contributed by atoms with van der Waals surface area (Å²) in [5.41, 5.74) is 0.947. The van der Waals surface area contributed by atoms with E-state index in [1.165, 1.54) is 0 Å². The predicted octanol–water partition coefficient (Wildman–Crippen LogP) is 3.42. The normalized spacial score (nSPS) is 16.7. The van der Waals surface area contributed by atoms with Gasteiger partial charge in [-0.2, -0.15) is 0 Å². The van der Waals surface area contributed by atoms with Crippen LogP contribution in [0.2, 0.25) is 0 Å². The number of carbonyl (C=O) groups is 1. The molecule has 116 valence electrons. The summed E-state index contributed by atoms with van der Waals surface area (Å²) in [6, 6.07) is 5.65. The lowest BCUT2D eigenvalue weighted by Crippen LogP contribution is -2.30. The van der Waals surface area contributed by atoms with Gasteiger partial charge >= 0.3 is 0 Å². The zero-order chi connectivity index (χ0) is 15.3. The fraction of sp³-hybridized carbons (Fsp3) is 0.588. The molecule has 0 radical (unpaired) electrons. The van der Waals surface area contributed by atoms with Gasteiger partial charge in [-0.05, 0) is 49.9 Å². The maximum Gasteiger partial charge on any atom is 0.227 e. The van der Waals surface area contributed by atoms with Crippen LogP contribution in [-0.2, 0) is 4.79 Å². The lowest BCUT2D eigenvalue weighted by atomic mass is 9.97. The van der Waals surface area contributed by atoms with Gasteiger partial charge in [0, 0.05) is 5.69 Å². The molecule has 1 saturated carbocycles. The highest BCUT2D eigenvalue weighted by Gasteiger charge is 2.33. The van der Waals surface area contributed by atoms with Crippen LogP contribution in [0.15, 0.2) is 18.2 Å². The van der Waals surface area contributed by atoms with E-state index in [9.17, 15) is 9.90 Å². The molecule has 1 amide bonds. The molecule has 0 aliphatic heterocycles. The summed E-state index contributed by atoms with van der Waals surface area (Å²) in [6.45, 7) is 4.70. The predicted molar refractivity (Wildman–Crippen MR) is 83.6 cm³/mol. The van der Waals surface area contributed by atoms with Gasteiger partial charge in [0.15, 0.2) is 0 Å². The van der Waals surface area contributed by atoms with E-state index < -0.39 is 5.60 Å². The Hall–Kier alpha value is -1.55. The van der Waals surface area contributed by atoms with Gasteiger partial charge in [0.2, 0.25) is 5.91 Å². The Bertz CT molecular complexity index is 493. The number of hydrogen-bond donors (Lipinski definition) is 2. The van der Waals surface area contributed by atoms with E-state index in [0.717, 1.165) is 49.1 Å². The summed E-state index contributed by atoms with van der Waals surface area (Å²) >= 11 is 0. The number of ether oxygens (including phenoxy) is 1. The Labute approximate surface area is 126 Å². The van der Waals surface area contributed by atoms with Crippen LogP contribution < -0.4 is 10.1 Å². The lowest BCUT2D eigenvalue weighted by Gasteiger charge is -2.21. The standard InChI is InChI=1S/C17H25NO3/c1-3-10-21-14-6-7-15(13(2)11-14)18-16(19)12-17(20)8-4-5-9-17/h6-7,11,20H,3-5,8-10,12H2,1-2H3,(H,18,19). The van der Waals surface area contributed by atoms with Crippen LogP contribution in [0.3, 0.4) is 0 Å². The largest absolute Gasteiger partial charge is 0.494 e. The maximum atomic E-state index is 12.1. The summed E-state index contributed by atoms with van der Waals surface area (Å²) in [5, 5.41) is 13.2. The highest BCUT2D eigenvalue weighted by molar-refractivity contribution is 5.92. The number of nitrogens with one attached hydrogen (secondary N) is 1. The van der Waals surface area contributed by atoms with Crippen molar-refractivity contribution in [1.29, 1.82) is 0 Å². The molecule has 0 spiro atoms. The molecule has 1 fully saturated rings. The van der Waals surface area contributed by atoms with Crippen molar-refractivity contribution in [2.45, 2.75) is 58.0 Å². The number of rotatable bonds is 6. The first-order chi connectivity index (χ1) is 10.0. The molecule has 0 bridgehead atoms. The summed E-state index contributed by atoms with van der Waals surface area (Å²) in [4.78, 5) is 12.1. The van der Waals surface area contributed by atoms with E-state index in [0.29, 0.717) is 6.61 Å². The fourth-order valence-corrected chi connectivity index (χ4v) is 2.79. The third-order valence-corrected chi connectivity index (χ3v) is 3.97. The van der Waals surface area contributed by atoms with Crippen molar-refractivity contribution in [3.05, 3.63) is 23.8 Å². The molecule has 0 aromatic heterocycles. The first-order valence-electron chi connectivity index (χ1n) is 7.78. The van der Waals surface area contributed by atoms with E-state index in [4.69, 9.17) is 4.74 Å². The Balaban J connectivity index is 1.94. The minimum Gasteiger partial charge on any atom is -0.494 e. The molecule has 0 unspecified atom stereocenters. The summed E-state index contributed by atoms with van der Waals surface area (Å²) in [7, 11) is 0. The van der Waals surface area contributed by atoms with Gasteiger partial charge < -0.3 is 15.2 Å². The summed E-state index contributed by atoms with van der Waals surface area (Å²) in [6.07, 6.45) is 4.61. The molecule has 2 N–H and O–H groups in total. The number of carbonyl (C=O) groups excluding carboxylic acids is 1. The maximum absolute atomic E-state index is 12.1. The number of anilines is 1. The zero-order valence-corrected chi connectivity index (χ0v) is 12.9. The molecule has 4 nitrogen and oxygen atoms in total. The van der Waals surface area contributed by atoms with Gasteiger partial charge in [0.25, 0.3) is 0 Å². The first-order valence-corrected chi connectivity index (χ1v) is 7.78. The molecule has 0 saturated heterocycles. The summed E-state index contributed by atoms with van der Waals surface area (Å²) < 4.78 is 5.57.